The van der Waals surface area contributed by atoms with Crippen LogP contribution in [0.3, 0.4) is 0 Å². The summed E-state index contributed by atoms with van der Waals surface area (Å²) < 4.78 is 34.8. The van der Waals surface area contributed by atoms with Crippen molar-refractivity contribution in [1.29, 1.82) is 0 Å². The first-order chi connectivity index (χ1) is 11.3. The maximum absolute atomic E-state index is 12.2. The molecule has 0 bridgehead atoms. The van der Waals surface area contributed by atoms with E-state index in [-0.39, 0.29) is 23.3 Å². The maximum atomic E-state index is 12.2. The van der Waals surface area contributed by atoms with Crippen LogP contribution in [0.2, 0.25) is 5.02 Å². The Bertz CT molecular complexity index is 942. The van der Waals surface area contributed by atoms with Crippen molar-refractivity contribution in [2.45, 2.75) is 25.4 Å². The number of sulfone groups is 1. The lowest BCUT2D eigenvalue weighted by Gasteiger charge is -1.97. The molecule has 2 aromatic heterocycles. The van der Waals surface area contributed by atoms with Gasteiger partial charge < -0.3 is 8.94 Å². The van der Waals surface area contributed by atoms with E-state index in [0.29, 0.717) is 27.9 Å². The quantitative estimate of drug-likeness (QED) is 0.683. The Labute approximate surface area is 143 Å². The fraction of sp³-hybridized carbons (Fsp3) is 0.267. The Balaban J connectivity index is 1.74. The van der Waals surface area contributed by atoms with Crippen molar-refractivity contribution in [3.8, 4) is 11.4 Å². The van der Waals surface area contributed by atoms with Crippen LogP contribution in [0.1, 0.15) is 23.2 Å². The van der Waals surface area contributed by atoms with Crippen molar-refractivity contribution in [2.75, 3.05) is 0 Å². The summed E-state index contributed by atoms with van der Waals surface area (Å²) in [5, 5.41) is 4.38. The molecule has 1 aromatic carbocycles. The van der Waals surface area contributed by atoms with Crippen LogP contribution < -0.4 is 0 Å². The molecule has 0 aliphatic heterocycles. The molecule has 3 rings (SSSR count). The van der Waals surface area contributed by atoms with Crippen LogP contribution in [-0.2, 0) is 21.3 Å². The van der Waals surface area contributed by atoms with Crippen molar-refractivity contribution in [1.82, 2.24) is 15.1 Å². The molecule has 24 heavy (non-hydrogen) atoms. The highest BCUT2D eigenvalue weighted by atomic mass is 35.5. The molecule has 0 aliphatic carbocycles. The molecule has 0 N–H and O–H groups in total. The van der Waals surface area contributed by atoms with E-state index in [4.69, 9.17) is 20.5 Å². The average Bonchev–Trinajstić information content (AvgIpc) is 3.06. The van der Waals surface area contributed by atoms with Gasteiger partial charge in [0.15, 0.2) is 9.84 Å². The van der Waals surface area contributed by atoms with Crippen LogP contribution >= 0.6 is 11.6 Å². The number of nitrogens with zero attached hydrogens (tertiary/aromatic N) is 3. The topological polar surface area (TPSA) is 99.1 Å². The number of aromatic nitrogens is 3. The molecular weight excluding hydrogens is 354 g/mol. The number of benzene rings is 1. The smallest absolute Gasteiger partial charge is 0.242 e. The van der Waals surface area contributed by atoms with Crippen molar-refractivity contribution < 1.29 is 17.4 Å². The molecule has 2 heterocycles. The van der Waals surface area contributed by atoms with E-state index in [1.165, 1.54) is 0 Å². The van der Waals surface area contributed by atoms with E-state index in [2.05, 4.69) is 15.1 Å². The highest BCUT2D eigenvalue weighted by Crippen LogP contribution is 2.20. The van der Waals surface area contributed by atoms with Crippen molar-refractivity contribution in [3.05, 3.63) is 52.5 Å². The molecule has 0 unspecified atom stereocenters. The molecule has 3 aromatic rings. The summed E-state index contributed by atoms with van der Waals surface area (Å²) in [6.45, 7) is 3.49. The van der Waals surface area contributed by atoms with Crippen LogP contribution in [0.25, 0.3) is 11.4 Å². The predicted molar refractivity (Wildman–Crippen MR) is 87.0 cm³/mol. The average molecular weight is 368 g/mol. The first-order valence-corrected chi connectivity index (χ1v) is 9.24. The summed E-state index contributed by atoms with van der Waals surface area (Å²) in [6, 6.07) is 6.83. The molecule has 126 valence electrons. The Morgan fingerprint density at radius 1 is 1.04 bits per heavy atom. The zero-order chi connectivity index (χ0) is 17.3. The van der Waals surface area contributed by atoms with E-state index in [1.54, 1.807) is 38.1 Å². The lowest BCUT2D eigenvalue weighted by molar-refractivity contribution is 0.389. The Hall–Kier alpha value is -2.19. The third-order valence-electron chi connectivity index (χ3n) is 3.33. The summed E-state index contributed by atoms with van der Waals surface area (Å²) in [5.74, 6) is 0.374. The third-order valence-corrected chi connectivity index (χ3v) is 4.96. The molecule has 0 atom stereocenters. The second-order valence-electron chi connectivity index (χ2n) is 5.30. The number of halogens is 1. The van der Waals surface area contributed by atoms with Crippen LogP contribution in [0, 0.1) is 13.8 Å². The van der Waals surface area contributed by atoms with Gasteiger partial charge in [-0.1, -0.05) is 16.8 Å². The fourth-order valence-corrected chi connectivity index (χ4v) is 3.28. The van der Waals surface area contributed by atoms with E-state index in [1.807, 2.05) is 0 Å². The van der Waals surface area contributed by atoms with E-state index in [9.17, 15) is 8.42 Å². The van der Waals surface area contributed by atoms with E-state index in [0.717, 1.165) is 0 Å². The Kier molecular flexibility index (Phi) is 4.42. The number of rotatable bonds is 5. The SMILES string of the molecule is Cc1nc(CS(=O)(=O)Cc2nc(-c3ccc(Cl)cc3)no2)oc1C. The van der Waals surface area contributed by atoms with Gasteiger partial charge in [-0.25, -0.2) is 13.4 Å². The van der Waals surface area contributed by atoms with Gasteiger partial charge in [-0.3, -0.25) is 0 Å². The van der Waals surface area contributed by atoms with Gasteiger partial charge in [0.2, 0.25) is 17.6 Å². The van der Waals surface area contributed by atoms with Gasteiger partial charge in [0.1, 0.15) is 17.3 Å². The van der Waals surface area contributed by atoms with E-state index < -0.39 is 9.84 Å². The minimum Gasteiger partial charge on any atom is -0.445 e. The first kappa shape index (κ1) is 16.7. The molecule has 0 radical (unpaired) electrons. The second kappa shape index (κ2) is 6.37. The second-order valence-corrected chi connectivity index (χ2v) is 7.80. The normalized spacial score (nSPS) is 11.8. The van der Waals surface area contributed by atoms with Crippen LogP contribution in [0.5, 0.6) is 0 Å². The first-order valence-electron chi connectivity index (χ1n) is 7.04. The Morgan fingerprint density at radius 3 is 2.33 bits per heavy atom. The summed E-state index contributed by atoms with van der Waals surface area (Å²) in [4.78, 5) is 8.18. The van der Waals surface area contributed by atoms with E-state index >= 15 is 0 Å². The summed E-state index contributed by atoms with van der Waals surface area (Å²) in [5.41, 5.74) is 1.36. The van der Waals surface area contributed by atoms with Crippen molar-refractivity contribution in [3.63, 3.8) is 0 Å². The number of hydrogen-bond donors (Lipinski definition) is 0. The van der Waals surface area contributed by atoms with Gasteiger partial charge in [-0.2, -0.15) is 4.98 Å². The summed E-state index contributed by atoms with van der Waals surface area (Å²) in [6.07, 6.45) is 0. The van der Waals surface area contributed by atoms with Gasteiger partial charge in [-0.05, 0) is 38.1 Å². The maximum Gasteiger partial charge on any atom is 0.242 e. The van der Waals surface area contributed by atoms with Gasteiger partial charge in [0.25, 0.3) is 0 Å². The highest BCUT2D eigenvalue weighted by molar-refractivity contribution is 7.89. The molecule has 9 heteroatoms. The minimum atomic E-state index is -3.54. The minimum absolute atomic E-state index is 0.0138. The number of oxazole rings is 1. The standard InChI is InChI=1S/C15H14ClN3O4S/c1-9-10(2)22-13(17-9)7-24(20,21)8-14-18-15(19-23-14)11-3-5-12(16)6-4-11/h3-6H,7-8H2,1-2H3. The molecule has 0 aliphatic rings. The Morgan fingerprint density at radius 2 is 1.71 bits per heavy atom. The highest BCUT2D eigenvalue weighted by Gasteiger charge is 2.21. The van der Waals surface area contributed by atoms with Crippen LogP contribution in [-0.4, -0.2) is 23.5 Å². The van der Waals surface area contributed by atoms with Gasteiger partial charge in [0.05, 0.1) is 5.69 Å². The zero-order valence-corrected chi connectivity index (χ0v) is 14.6. The van der Waals surface area contributed by atoms with Crippen LogP contribution in [0.4, 0.5) is 0 Å². The lowest BCUT2D eigenvalue weighted by Crippen LogP contribution is -2.08. The molecular formula is C15H14ClN3O4S. The summed E-state index contributed by atoms with van der Waals surface area (Å²) >= 11 is 5.82. The van der Waals surface area contributed by atoms with Crippen LogP contribution in [0.15, 0.2) is 33.2 Å². The number of aryl methyl sites for hydroxylation is 2. The lowest BCUT2D eigenvalue weighted by atomic mass is 10.2. The summed E-state index contributed by atoms with van der Waals surface area (Å²) in [7, 11) is -3.54. The zero-order valence-electron chi connectivity index (χ0n) is 13.0. The molecule has 0 saturated heterocycles. The third kappa shape index (κ3) is 3.82. The molecule has 0 fully saturated rings. The predicted octanol–water partition coefficient (Wildman–Crippen LogP) is 3.11. The number of hydrogen-bond acceptors (Lipinski definition) is 7. The molecule has 0 saturated carbocycles. The van der Waals surface area contributed by atoms with Crippen molar-refractivity contribution in [2.24, 2.45) is 0 Å². The van der Waals surface area contributed by atoms with Gasteiger partial charge in [-0.15, -0.1) is 0 Å². The van der Waals surface area contributed by atoms with Gasteiger partial charge in [0, 0.05) is 10.6 Å². The largest absolute Gasteiger partial charge is 0.445 e. The molecule has 0 spiro atoms. The fourth-order valence-electron chi connectivity index (χ4n) is 2.06. The van der Waals surface area contributed by atoms with Crippen molar-refractivity contribution >= 4 is 21.4 Å². The monoisotopic (exact) mass is 367 g/mol. The molecule has 0 amide bonds. The molecule has 7 nitrogen and oxygen atoms in total. The van der Waals surface area contributed by atoms with Gasteiger partial charge >= 0.3 is 0 Å².